The lowest BCUT2D eigenvalue weighted by Gasteiger charge is -2.35. The molecular weight excluding hydrogens is 238 g/mol. The highest BCUT2D eigenvalue weighted by molar-refractivity contribution is 4.92. The van der Waals surface area contributed by atoms with E-state index < -0.39 is 0 Å². The fourth-order valence-corrected chi connectivity index (χ4v) is 3.58. The molecule has 2 fully saturated rings. The molecule has 0 saturated carbocycles. The predicted molar refractivity (Wildman–Crippen MR) is 79.1 cm³/mol. The number of nitrogens with two attached hydrogens (primary N) is 1. The molecule has 0 spiro atoms. The Morgan fingerprint density at radius 1 is 1.16 bits per heavy atom. The molecule has 0 bridgehead atoms. The zero-order valence-electron chi connectivity index (χ0n) is 12.6. The van der Waals surface area contributed by atoms with Gasteiger partial charge >= 0.3 is 0 Å². The second kappa shape index (κ2) is 7.02. The van der Waals surface area contributed by atoms with Crippen LogP contribution in [0, 0.1) is 5.92 Å². The standard InChI is InChI=1S/C15H31N3O/c1-12(2)15(16)14(11-19)18-9-6-13(10-18)17-7-4-3-5-8-17/h12-15,19H,3-11,16H2,1-2H3. The Hall–Kier alpha value is -0.160. The first-order valence-electron chi connectivity index (χ1n) is 7.98. The normalized spacial score (nSPS) is 29.8. The molecule has 3 unspecified atom stereocenters. The molecule has 2 aliphatic rings. The van der Waals surface area contributed by atoms with Crippen molar-refractivity contribution in [3.8, 4) is 0 Å². The summed E-state index contributed by atoms with van der Waals surface area (Å²) >= 11 is 0. The molecule has 2 heterocycles. The molecule has 0 amide bonds. The SMILES string of the molecule is CC(C)C(N)C(CO)N1CCC(N2CCCCC2)C1. The average molecular weight is 269 g/mol. The third kappa shape index (κ3) is 3.69. The van der Waals surface area contributed by atoms with E-state index in [0.29, 0.717) is 12.0 Å². The van der Waals surface area contributed by atoms with E-state index in [4.69, 9.17) is 5.73 Å². The summed E-state index contributed by atoms with van der Waals surface area (Å²) in [5.41, 5.74) is 6.26. The summed E-state index contributed by atoms with van der Waals surface area (Å²) in [6.45, 7) is 9.18. The van der Waals surface area contributed by atoms with Gasteiger partial charge in [-0.05, 0) is 38.3 Å². The van der Waals surface area contributed by atoms with Crippen LogP contribution >= 0.6 is 0 Å². The molecule has 0 aromatic carbocycles. The van der Waals surface area contributed by atoms with Crippen LogP contribution in [0.15, 0.2) is 0 Å². The van der Waals surface area contributed by atoms with Gasteiger partial charge in [0, 0.05) is 31.2 Å². The summed E-state index contributed by atoms with van der Waals surface area (Å²) < 4.78 is 0. The van der Waals surface area contributed by atoms with E-state index in [1.54, 1.807) is 0 Å². The van der Waals surface area contributed by atoms with Crippen LogP contribution in [-0.4, -0.2) is 65.8 Å². The lowest BCUT2D eigenvalue weighted by molar-refractivity contribution is 0.0970. The Kier molecular flexibility index (Phi) is 5.63. The van der Waals surface area contributed by atoms with Crippen LogP contribution in [0.4, 0.5) is 0 Å². The molecule has 2 rings (SSSR count). The minimum atomic E-state index is 0.0742. The summed E-state index contributed by atoms with van der Waals surface area (Å²) in [6, 6.07) is 0.897. The van der Waals surface area contributed by atoms with E-state index in [1.165, 1.54) is 38.8 Å². The Balaban J connectivity index is 1.88. The van der Waals surface area contributed by atoms with Crippen LogP contribution < -0.4 is 5.73 Å². The van der Waals surface area contributed by atoms with Crippen LogP contribution in [0.5, 0.6) is 0 Å². The maximum atomic E-state index is 9.67. The summed E-state index contributed by atoms with van der Waals surface area (Å²) in [4.78, 5) is 5.07. The van der Waals surface area contributed by atoms with Gasteiger partial charge in [-0.3, -0.25) is 9.80 Å². The topological polar surface area (TPSA) is 52.7 Å². The first-order chi connectivity index (χ1) is 9.13. The lowest BCUT2D eigenvalue weighted by atomic mass is 9.97. The van der Waals surface area contributed by atoms with Crippen molar-refractivity contribution in [2.24, 2.45) is 11.7 Å². The second-order valence-electron chi connectivity index (χ2n) is 6.61. The number of likely N-dealkylation sites (tertiary alicyclic amines) is 2. The quantitative estimate of drug-likeness (QED) is 0.778. The molecule has 112 valence electrons. The number of aliphatic hydroxyl groups is 1. The van der Waals surface area contributed by atoms with Gasteiger partial charge in [-0.25, -0.2) is 0 Å². The first-order valence-corrected chi connectivity index (χ1v) is 7.98. The van der Waals surface area contributed by atoms with Gasteiger partial charge in [0.15, 0.2) is 0 Å². The van der Waals surface area contributed by atoms with Crippen LogP contribution in [0.1, 0.15) is 39.5 Å². The number of nitrogens with zero attached hydrogens (tertiary/aromatic N) is 2. The van der Waals surface area contributed by atoms with Crippen molar-refractivity contribution in [3.05, 3.63) is 0 Å². The highest BCUT2D eigenvalue weighted by Gasteiger charge is 2.34. The number of rotatable bonds is 5. The number of piperidine rings is 1. The minimum Gasteiger partial charge on any atom is -0.395 e. The maximum Gasteiger partial charge on any atom is 0.0602 e. The fraction of sp³-hybridized carbons (Fsp3) is 1.00. The van der Waals surface area contributed by atoms with Crippen molar-refractivity contribution in [1.29, 1.82) is 0 Å². The summed E-state index contributed by atoms with van der Waals surface area (Å²) in [5.74, 6) is 0.422. The zero-order valence-corrected chi connectivity index (χ0v) is 12.6. The molecule has 2 saturated heterocycles. The van der Waals surface area contributed by atoms with Crippen molar-refractivity contribution in [1.82, 2.24) is 9.80 Å². The van der Waals surface area contributed by atoms with Gasteiger partial charge in [-0.2, -0.15) is 0 Å². The van der Waals surface area contributed by atoms with E-state index in [2.05, 4.69) is 23.6 Å². The molecule has 4 heteroatoms. The monoisotopic (exact) mass is 269 g/mol. The van der Waals surface area contributed by atoms with Crippen LogP contribution in [-0.2, 0) is 0 Å². The molecule has 0 aromatic heterocycles. The van der Waals surface area contributed by atoms with Crippen LogP contribution in [0.3, 0.4) is 0 Å². The Morgan fingerprint density at radius 3 is 2.42 bits per heavy atom. The summed E-state index contributed by atoms with van der Waals surface area (Å²) in [5, 5.41) is 9.67. The average Bonchev–Trinajstić information content (AvgIpc) is 2.90. The van der Waals surface area contributed by atoms with Crippen molar-refractivity contribution >= 4 is 0 Å². The summed E-state index contributed by atoms with van der Waals surface area (Å²) in [6.07, 6.45) is 5.34. The van der Waals surface area contributed by atoms with Gasteiger partial charge in [0.2, 0.25) is 0 Å². The van der Waals surface area contributed by atoms with E-state index in [1.807, 2.05) is 0 Å². The van der Waals surface area contributed by atoms with E-state index in [0.717, 1.165) is 13.1 Å². The third-order valence-corrected chi connectivity index (χ3v) is 4.97. The van der Waals surface area contributed by atoms with E-state index in [9.17, 15) is 5.11 Å². The molecule has 4 nitrogen and oxygen atoms in total. The van der Waals surface area contributed by atoms with E-state index >= 15 is 0 Å². The molecule has 3 N–H and O–H groups in total. The van der Waals surface area contributed by atoms with E-state index in [-0.39, 0.29) is 18.7 Å². The Labute approximate surface area is 117 Å². The second-order valence-corrected chi connectivity index (χ2v) is 6.61. The lowest BCUT2D eigenvalue weighted by Crippen LogP contribution is -2.52. The highest BCUT2D eigenvalue weighted by atomic mass is 16.3. The van der Waals surface area contributed by atoms with Gasteiger partial charge in [-0.15, -0.1) is 0 Å². The zero-order chi connectivity index (χ0) is 13.8. The number of hydrogen-bond donors (Lipinski definition) is 2. The number of hydrogen-bond acceptors (Lipinski definition) is 4. The van der Waals surface area contributed by atoms with Crippen molar-refractivity contribution in [2.75, 3.05) is 32.8 Å². The van der Waals surface area contributed by atoms with Crippen LogP contribution in [0.2, 0.25) is 0 Å². The first kappa shape index (κ1) is 15.2. The molecule has 2 aliphatic heterocycles. The van der Waals surface area contributed by atoms with Crippen molar-refractivity contribution in [3.63, 3.8) is 0 Å². The smallest absolute Gasteiger partial charge is 0.0602 e. The van der Waals surface area contributed by atoms with Crippen LogP contribution in [0.25, 0.3) is 0 Å². The molecule has 0 aliphatic carbocycles. The molecular formula is C15H31N3O. The maximum absolute atomic E-state index is 9.67. The van der Waals surface area contributed by atoms with Crippen molar-refractivity contribution in [2.45, 2.75) is 57.7 Å². The van der Waals surface area contributed by atoms with Crippen molar-refractivity contribution < 1.29 is 5.11 Å². The molecule has 0 aromatic rings. The van der Waals surface area contributed by atoms with Gasteiger partial charge in [0.05, 0.1) is 6.61 Å². The Morgan fingerprint density at radius 2 is 1.84 bits per heavy atom. The fourth-order valence-electron chi connectivity index (χ4n) is 3.58. The molecule has 0 radical (unpaired) electrons. The predicted octanol–water partition coefficient (Wildman–Crippen LogP) is 0.891. The third-order valence-electron chi connectivity index (χ3n) is 4.97. The van der Waals surface area contributed by atoms with Gasteiger partial charge < -0.3 is 10.8 Å². The van der Waals surface area contributed by atoms with Gasteiger partial charge in [-0.1, -0.05) is 20.3 Å². The summed E-state index contributed by atoms with van der Waals surface area (Å²) in [7, 11) is 0. The van der Waals surface area contributed by atoms with Gasteiger partial charge in [0.1, 0.15) is 0 Å². The van der Waals surface area contributed by atoms with Gasteiger partial charge in [0.25, 0.3) is 0 Å². The largest absolute Gasteiger partial charge is 0.395 e. The highest BCUT2D eigenvalue weighted by Crippen LogP contribution is 2.23. The minimum absolute atomic E-state index is 0.0742. The Bertz CT molecular complexity index is 266. The number of aliphatic hydroxyl groups excluding tert-OH is 1. The molecule has 19 heavy (non-hydrogen) atoms. The molecule has 3 atom stereocenters.